The number of nitrogens with zero attached hydrogens (tertiary/aromatic N) is 3. The predicted octanol–water partition coefficient (Wildman–Crippen LogP) is 3.49. The van der Waals surface area contributed by atoms with Gasteiger partial charge in [0.1, 0.15) is 6.33 Å². The molecule has 0 saturated carbocycles. The monoisotopic (exact) mass is 469 g/mol. The molecule has 0 radical (unpaired) electrons. The molecule has 0 aliphatic heterocycles. The smallest absolute Gasteiger partial charge is 0.243 e. The van der Waals surface area contributed by atoms with E-state index >= 15 is 0 Å². The lowest BCUT2D eigenvalue weighted by atomic mass is 10.2. The fourth-order valence-corrected chi connectivity index (χ4v) is 3.34. The molecule has 7 nitrogen and oxygen atoms in total. The zero-order valence-electron chi connectivity index (χ0n) is 16.0. The number of anilines is 1. The summed E-state index contributed by atoms with van der Waals surface area (Å²) >= 11 is 7.22. The molecule has 1 heterocycles. The number of benzene rings is 2. The molecule has 3 rings (SSSR count). The van der Waals surface area contributed by atoms with Crippen LogP contribution in [0.4, 0.5) is 18.9 Å². The van der Waals surface area contributed by atoms with Crippen molar-refractivity contribution in [2.24, 2.45) is 0 Å². The summed E-state index contributed by atoms with van der Waals surface area (Å²) < 4.78 is 41.4. The lowest BCUT2D eigenvalue weighted by molar-refractivity contribution is -0.122. The Morgan fingerprint density at radius 1 is 1.13 bits per heavy atom. The SMILES string of the molecule is Cc1ccc(-n2cnnc2SCC(=O)NCC(=O)Nc2ccc(F)c(F)c2F)cc1Cl. The summed E-state index contributed by atoms with van der Waals surface area (Å²) in [6.45, 7) is 1.38. The van der Waals surface area contributed by atoms with E-state index in [4.69, 9.17) is 11.6 Å². The average Bonchev–Trinajstić information content (AvgIpc) is 3.22. The Bertz CT molecular complexity index is 1140. The number of hydrogen-bond donors (Lipinski definition) is 2. The summed E-state index contributed by atoms with van der Waals surface area (Å²) in [5, 5.41) is 13.2. The zero-order chi connectivity index (χ0) is 22.5. The molecule has 2 amide bonds. The highest BCUT2D eigenvalue weighted by Crippen LogP contribution is 2.23. The van der Waals surface area contributed by atoms with Gasteiger partial charge in [0.15, 0.2) is 22.6 Å². The Morgan fingerprint density at radius 3 is 2.65 bits per heavy atom. The molecule has 0 atom stereocenters. The number of aromatic nitrogens is 3. The number of carbonyl (C=O) groups is 2. The summed E-state index contributed by atoms with van der Waals surface area (Å²) in [5.41, 5.74) is 1.10. The molecule has 0 aliphatic rings. The van der Waals surface area contributed by atoms with E-state index in [1.165, 1.54) is 6.33 Å². The van der Waals surface area contributed by atoms with E-state index in [9.17, 15) is 22.8 Å². The number of halogens is 4. The van der Waals surface area contributed by atoms with Crippen LogP contribution in [0.15, 0.2) is 41.8 Å². The van der Waals surface area contributed by atoms with E-state index in [1.54, 1.807) is 10.6 Å². The van der Waals surface area contributed by atoms with E-state index in [2.05, 4.69) is 20.8 Å². The van der Waals surface area contributed by atoms with Crippen molar-refractivity contribution in [2.75, 3.05) is 17.6 Å². The molecular weight excluding hydrogens is 455 g/mol. The van der Waals surface area contributed by atoms with Crippen LogP contribution < -0.4 is 10.6 Å². The highest BCUT2D eigenvalue weighted by Gasteiger charge is 2.16. The van der Waals surface area contributed by atoms with Gasteiger partial charge in [-0.1, -0.05) is 29.4 Å². The second-order valence-electron chi connectivity index (χ2n) is 6.25. The maximum absolute atomic E-state index is 13.6. The van der Waals surface area contributed by atoms with Crippen molar-refractivity contribution in [3.8, 4) is 5.69 Å². The largest absolute Gasteiger partial charge is 0.346 e. The van der Waals surface area contributed by atoms with Crippen LogP contribution >= 0.6 is 23.4 Å². The lowest BCUT2D eigenvalue weighted by Gasteiger charge is -2.09. The third kappa shape index (κ3) is 5.56. The molecule has 0 bridgehead atoms. The molecule has 162 valence electrons. The van der Waals surface area contributed by atoms with Crippen molar-refractivity contribution < 1.29 is 22.8 Å². The number of aryl methyl sites for hydroxylation is 1. The minimum atomic E-state index is -1.70. The molecule has 31 heavy (non-hydrogen) atoms. The van der Waals surface area contributed by atoms with Crippen LogP contribution in [0.5, 0.6) is 0 Å². The summed E-state index contributed by atoms with van der Waals surface area (Å²) in [6.07, 6.45) is 1.48. The second kappa shape index (κ2) is 9.84. The number of hydrogen-bond acceptors (Lipinski definition) is 5. The van der Waals surface area contributed by atoms with Crippen molar-refractivity contribution in [1.29, 1.82) is 0 Å². The molecular formula is C19H15ClF3N5O2S. The summed E-state index contributed by atoms with van der Waals surface area (Å²) in [4.78, 5) is 23.9. The predicted molar refractivity (Wildman–Crippen MR) is 110 cm³/mol. The number of rotatable bonds is 7. The van der Waals surface area contributed by atoms with Crippen LogP contribution in [0.1, 0.15) is 5.56 Å². The number of amides is 2. The van der Waals surface area contributed by atoms with E-state index in [1.807, 2.05) is 19.1 Å². The molecule has 3 aromatic rings. The average molecular weight is 470 g/mol. The van der Waals surface area contributed by atoms with Gasteiger partial charge >= 0.3 is 0 Å². The van der Waals surface area contributed by atoms with Crippen molar-refractivity contribution in [3.05, 3.63) is 64.7 Å². The molecule has 2 N–H and O–H groups in total. The molecule has 0 aliphatic carbocycles. The normalized spacial score (nSPS) is 10.7. The summed E-state index contributed by atoms with van der Waals surface area (Å²) in [7, 11) is 0. The van der Waals surface area contributed by atoms with Gasteiger partial charge < -0.3 is 10.6 Å². The fraction of sp³-hybridized carbons (Fsp3) is 0.158. The van der Waals surface area contributed by atoms with Crippen LogP contribution in [-0.2, 0) is 9.59 Å². The van der Waals surface area contributed by atoms with Gasteiger partial charge in [-0.3, -0.25) is 14.2 Å². The minimum absolute atomic E-state index is 0.0783. The van der Waals surface area contributed by atoms with E-state index in [0.29, 0.717) is 16.2 Å². The number of nitrogens with one attached hydrogen (secondary N) is 2. The topological polar surface area (TPSA) is 88.9 Å². The summed E-state index contributed by atoms with van der Waals surface area (Å²) in [6, 6.07) is 6.98. The Hall–Kier alpha value is -3.05. The lowest BCUT2D eigenvalue weighted by Crippen LogP contribution is -2.34. The van der Waals surface area contributed by atoms with Gasteiger partial charge in [-0.25, -0.2) is 13.2 Å². The van der Waals surface area contributed by atoms with Crippen molar-refractivity contribution >= 4 is 40.9 Å². The molecule has 0 spiro atoms. The Balaban J connectivity index is 1.52. The van der Waals surface area contributed by atoms with Gasteiger partial charge in [-0.05, 0) is 36.8 Å². The maximum Gasteiger partial charge on any atom is 0.243 e. The van der Waals surface area contributed by atoms with Crippen molar-refractivity contribution in [2.45, 2.75) is 12.1 Å². The van der Waals surface area contributed by atoms with Gasteiger partial charge in [0, 0.05) is 5.02 Å². The van der Waals surface area contributed by atoms with Crippen LogP contribution in [-0.4, -0.2) is 38.9 Å². The standard InChI is InChI=1S/C19H15ClF3N5O2S/c1-10-2-3-11(6-12(10)20)28-9-25-27-19(28)31-8-16(30)24-7-15(29)26-14-5-4-13(21)17(22)18(14)23/h2-6,9H,7-8H2,1H3,(H,24,30)(H,26,29). The first-order valence-corrected chi connectivity index (χ1v) is 10.1. The van der Waals surface area contributed by atoms with Gasteiger partial charge in [-0.2, -0.15) is 0 Å². The molecule has 12 heteroatoms. The van der Waals surface area contributed by atoms with E-state index < -0.39 is 41.5 Å². The Kier molecular flexibility index (Phi) is 7.18. The fourth-order valence-electron chi connectivity index (χ4n) is 2.41. The molecule has 0 saturated heterocycles. The van der Waals surface area contributed by atoms with Gasteiger partial charge in [-0.15, -0.1) is 10.2 Å². The highest BCUT2D eigenvalue weighted by atomic mass is 35.5. The van der Waals surface area contributed by atoms with E-state index in [0.717, 1.165) is 29.1 Å². The zero-order valence-corrected chi connectivity index (χ0v) is 17.5. The minimum Gasteiger partial charge on any atom is -0.346 e. The van der Waals surface area contributed by atoms with E-state index in [-0.39, 0.29) is 5.75 Å². The first kappa shape index (κ1) is 22.6. The van der Waals surface area contributed by atoms with Gasteiger partial charge in [0.2, 0.25) is 11.8 Å². The highest BCUT2D eigenvalue weighted by molar-refractivity contribution is 7.99. The van der Waals surface area contributed by atoms with Gasteiger partial charge in [0.25, 0.3) is 0 Å². The van der Waals surface area contributed by atoms with Crippen LogP contribution in [0.3, 0.4) is 0 Å². The Morgan fingerprint density at radius 2 is 1.90 bits per heavy atom. The van der Waals surface area contributed by atoms with Crippen molar-refractivity contribution in [3.63, 3.8) is 0 Å². The van der Waals surface area contributed by atoms with Crippen LogP contribution in [0.2, 0.25) is 5.02 Å². The molecule has 0 unspecified atom stereocenters. The van der Waals surface area contributed by atoms with Gasteiger partial charge in [0.05, 0.1) is 23.7 Å². The number of carbonyl (C=O) groups excluding carboxylic acids is 2. The Labute approximate surface area is 184 Å². The second-order valence-corrected chi connectivity index (χ2v) is 7.60. The third-order valence-electron chi connectivity index (χ3n) is 4.04. The molecule has 1 aromatic heterocycles. The molecule has 2 aromatic carbocycles. The number of thioether (sulfide) groups is 1. The first-order chi connectivity index (χ1) is 14.8. The third-order valence-corrected chi connectivity index (χ3v) is 5.39. The van der Waals surface area contributed by atoms with Crippen LogP contribution in [0, 0.1) is 24.4 Å². The summed E-state index contributed by atoms with van der Waals surface area (Å²) in [5.74, 6) is -5.97. The molecule has 0 fully saturated rings. The van der Waals surface area contributed by atoms with Crippen molar-refractivity contribution in [1.82, 2.24) is 20.1 Å². The maximum atomic E-state index is 13.6. The quantitative estimate of drug-likeness (QED) is 0.408. The van der Waals surface area contributed by atoms with Crippen LogP contribution in [0.25, 0.3) is 5.69 Å². The first-order valence-electron chi connectivity index (χ1n) is 8.75.